The van der Waals surface area contributed by atoms with Crippen LogP contribution < -0.4 is 0 Å². The van der Waals surface area contributed by atoms with Gasteiger partial charge in [-0.25, -0.2) is 0 Å². The summed E-state index contributed by atoms with van der Waals surface area (Å²) in [6.07, 6.45) is 3.78. The number of hydrogen-bond acceptors (Lipinski definition) is 3. The summed E-state index contributed by atoms with van der Waals surface area (Å²) in [5.74, 6) is 0. The third-order valence-electron chi connectivity index (χ3n) is 8.76. The smallest absolute Gasteiger partial charge is 0.121 e. The summed E-state index contributed by atoms with van der Waals surface area (Å²) in [5, 5.41) is 17.2. The molecule has 0 radical (unpaired) electrons. The van der Waals surface area contributed by atoms with Gasteiger partial charge in [0.15, 0.2) is 0 Å². The first-order valence-corrected chi connectivity index (χ1v) is 15.1. The van der Waals surface area contributed by atoms with Gasteiger partial charge in [-0.15, -0.1) is 10.2 Å². The van der Waals surface area contributed by atoms with Gasteiger partial charge in [0.1, 0.15) is 11.0 Å². The van der Waals surface area contributed by atoms with Crippen LogP contribution in [0.3, 0.4) is 0 Å². The van der Waals surface area contributed by atoms with Crippen molar-refractivity contribution in [2.75, 3.05) is 0 Å². The maximum Gasteiger partial charge on any atom is 0.121 e. The number of benzene rings is 7. The molecule has 2 heterocycles. The summed E-state index contributed by atoms with van der Waals surface area (Å²) >= 11 is 0. The zero-order valence-corrected chi connectivity index (χ0v) is 24.3. The molecule has 0 fully saturated rings. The Morgan fingerprint density at radius 3 is 1.71 bits per heavy atom. The molecule has 0 aliphatic heterocycles. The second-order valence-electron chi connectivity index (χ2n) is 11.3. The van der Waals surface area contributed by atoms with Crippen molar-refractivity contribution >= 4 is 43.4 Å². The summed E-state index contributed by atoms with van der Waals surface area (Å²) in [4.78, 5) is 6.19. The molecule has 4 nitrogen and oxygen atoms in total. The highest BCUT2D eigenvalue weighted by Crippen LogP contribution is 2.43. The van der Waals surface area contributed by atoms with Crippen molar-refractivity contribution in [3.8, 4) is 39.1 Å². The number of aromatic nitrogens is 4. The molecular formula is C41H26N4. The van der Waals surface area contributed by atoms with Crippen LogP contribution >= 0.6 is 0 Å². The summed E-state index contributed by atoms with van der Waals surface area (Å²) in [6, 6.07) is 51.2. The first-order chi connectivity index (χ1) is 22.3. The van der Waals surface area contributed by atoms with Crippen LogP contribution in [-0.4, -0.2) is 20.0 Å². The zero-order chi connectivity index (χ0) is 29.7. The first-order valence-electron chi connectivity index (χ1n) is 15.1. The topological polar surface area (TPSA) is 43.6 Å². The van der Waals surface area contributed by atoms with Gasteiger partial charge in [0, 0.05) is 23.5 Å². The largest absolute Gasteiger partial charge is 0.264 e. The molecule has 45 heavy (non-hydrogen) atoms. The van der Waals surface area contributed by atoms with E-state index in [0.717, 1.165) is 39.0 Å². The molecular weight excluding hydrogens is 548 g/mol. The van der Waals surface area contributed by atoms with E-state index >= 15 is 0 Å². The molecule has 7 aromatic carbocycles. The van der Waals surface area contributed by atoms with Crippen molar-refractivity contribution in [3.05, 3.63) is 158 Å². The predicted molar refractivity (Wildman–Crippen MR) is 185 cm³/mol. The summed E-state index contributed by atoms with van der Waals surface area (Å²) in [7, 11) is 0. The van der Waals surface area contributed by atoms with Gasteiger partial charge in [0.05, 0.1) is 5.69 Å². The quantitative estimate of drug-likeness (QED) is 0.196. The monoisotopic (exact) mass is 574 g/mol. The molecule has 0 spiro atoms. The lowest BCUT2D eigenvalue weighted by Gasteiger charge is -2.17. The number of hydrogen-bond donors (Lipinski definition) is 0. The van der Waals surface area contributed by atoms with Gasteiger partial charge in [-0.2, -0.15) is 4.80 Å². The van der Waals surface area contributed by atoms with Crippen molar-refractivity contribution in [1.82, 2.24) is 20.0 Å². The Hall–Kier alpha value is -6.13. The molecule has 9 aromatic rings. The van der Waals surface area contributed by atoms with Gasteiger partial charge in [-0.3, -0.25) is 4.98 Å². The van der Waals surface area contributed by atoms with E-state index in [1.54, 1.807) is 4.80 Å². The van der Waals surface area contributed by atoms with Crippen LogP contribution in [0.25, 0.3) is 82.4 Å². The lowest BCUT2D eigenvalue weighted by atomic mass is 9.86. The maximum atomic E-state index is 5.01. The molecule has 9 rings (SSSR count). The molecule has 0 aliphatic rings. The SMILES string of the molecule is c1cncc(-c2c3ccccc3c(-c3ccc(-n4nc5cccc(-c6cccc7ccccc67)c5n4)cc3)c3ccccc23)c1. The van der Waals surface area contributed by atoms with Crippen molar-refractivity contribution in [1.29, 1.82) is 0 Å². The molecule has 4 heteroatoms. The third-order valence-corrected chi connectivity index (χ3v) is 8.76. The molecule has 0 bridgehead atoms. The fraction of sp³-hybridized carbons (Fsp3) is 0. The summed E-state index contributed by atoms with van der Waals surface area (Å²) in [5.41, 5.74) is 9.62. The van der Waals surface area contributed by atoms with Gasteiger partial charge in [0.25, 0.3) is 0 Å². The molecule has 0 saturated carbocycles. The van der Waals surface area contributed by atoms with E-state index in [4.69, 9.17) is 10.2 Å². The van der Waals surface area contributed by atoms with Gasteiger partial charge in [0.2, 0.25) is 0 Å². The highest BCUT2D eigenvalue weighted by Gasteiger charge is 2.17. The molecule has 0 unspecified atom stereocenters. The van der Waals surface area contributed by atoms with Crippen molar-refractivity contribution in [3.63, 3.8) is 0 Å². The second kappa shape index (κ2) is 10.2. The zero-order valence-electron chi connectivity index (χ0n) is 24.3. The van der Waals surface area contributed by atoms with Crippen LogP contribution in [0, 0.1) is 0 Å². The Labute approximate surface area is 259 Å². The third kappa shape index (κ3) is 4.11. The molecule has 0 atom stereocenters. The Morgan fingerprint density at radius 2 is 1.02 bits per heavy atom. The average molecular weight is 575 g/mol. The van der Waals surface area contributed by atoms with Crippen LogP contribution in [0.15, 0.2) is 158 Å². The molecule has 210 valence electrons. The summed E-state index contributed by atoms with van der Waals surface area (Å²) in [6.45, 7) is 0. The van der Waals surface area contributed by atoms with Gasteiger partial charge >= 0.3 is 0 Å². The van der Waals surface area contributed by atoms with Crippen LogP contribution in [-0.2, 0) is 0 Å². The van der Waals surface area contributed by atoms with Crippen molar-refractivity contribution in [2.45, 2.75) is 0 Å². The van der Waals surface area contributed by atoms with Crippen LogP contribution in [0.5, 0.6) is 0 Å². The number of pyridine rings is 1. The van der Waals surface area contributed by atoms with Crippen molar-refractivity contribution in [2.24, 2.45) is 0 Å². The first kappa shape index (κ1) is 25.4. The predicted octanol–water partition coefficient (Wildman–Crippen LogP) is 10.3. The molecule has 0 saturated heterocycles. The lowest BCUT2D eigenvalue weighted by Crippen LogP contribution is -1.98. The van der Waals surface area contributed by atoms with E-state index in [0.29, 0.717) is 0 Å². The van der Waals surface area contributed by atoms with Gasteiger partial charge in [-0.05, 0) is 78.8 Å². The van der Waals surface area contributed by atoms with E-state index in [9.17, 15) is 0 Å². The van der Waals surface area contributed by atoms with E-state index in [-0.39, 0.29) is 0 Å². The lowest BCUT2D eigenvalue weighted by molar-refractivity contribution is 0.766. The average Bonchev–Trinajstić information content (AvgIpc) is 3.56. The molecule has 0 amide bonds. The number of fused-ring (bicyclic) bond motifs is 4. The van der Waals surface area contributed by atoms with Gasteiger partial charge in [-0.1, -0.05) is 121 Å². The molecule has 0 aliphatic carbocycles. The maximum absolute atomic E-state index is 5.01. The van der Waals surface area contributed by atoms with Crippen LogP contribution in [0.2, 0.25) is 0 Å². The second-order valence-corrected chi connectivity index (χ2v) is 11.3. The van der Waals surface area contributed by atoms with E-state index in [2.05, 4.69) is 138 Å². The Kier molecular flexibility index (Phi) is 5.78. The Balaban J connectivity index is 1.18. The standard InChI is InChI=1S/C41H26N4/c1-2-13-31-27(10-1)11-7-18-32(31)37-19-8-20-38-41(37)44-45(43-38)30-23-21-28(22-24-30)39-33-14-3-5-16-35(33)40(29-12-9-25-42-26-29)36-17-6-4-15-34(36)39/h1-26H. The summed E-state index contributed by atoms with van der Waals surface area (Å²) < 4.78 is 0. The molecule has 0 N–H and O–H groups in total. The van der Waals surface area contributed by atoms with Crippen molar-refractivity contribution < 1.29 is 0 Å². The van der Waals surface area contributed by atoms with E-state index in [1.165, 1.54) is 43.4 Å². The molecule has 2 aromatic heterocycles. The van der Waals surface area contributed by atoms with Crippen LogP contribution in [0.1, 0.15) is 0 Å². The minimum atomic E-state index is 0.868. The number of rotatable bonds is 4. The Bertz CT molecular complexity index is 2470. The van der Waals surface area contributed by atoms with E-state index in [1.807, 2.05) is 24.5 Å². The van der Waals surface area contributed by atoms with Gasteiger partial charge < -0.3 is 0 Å². The fourth-order valence-corrected chi connectivity index (χ4v) is 6.75. The normalized spacial score (nSPS) is 11.6. The minimum Gasteiger partial charge on any atom is -0.264 e. The van der Waals surface area contributed by atoms with Crippen LogP contribution in [0.4, 0.5) is 0 Å². The van der Waals surface area contributed by atoms with E-state index < -0.39 is 0 Å². The number of nitrogens with zero attached hydrogens (tertiary/aromatic N) is 4. The fourth-order valence-electron chi connectivity index (χ4n) is 6.75. The highest BCUT2D eigenvalue weighted by atomic mass is 15.5. The highest BCUT2D eigenvalue weighted by molar-refractivity contribution is 6.21. The Morgan fingerprint density at radius 1 is 0.422 bits per heavy atom. The minimum absolute atomic E-state index is 0.868.